The molecule has 4 nitrogen and oxygen atoms in total. The number of nitrogens with zero attached hydrogens (tertiary/aromatic N) is 1. The lowest BCUT2D eigenvalue weighted by Gasteiger charge is -2.11. The summed E-state index contributed by atoms with van der Waals surface area (Å²) in [4.78, 5) is 11.4. The fraction of sp³-hybridized carbons (Fsp3) is 0.125. The van der Waals surface area contributed by atoms with Crippen molar-refractivity contribution in [2.75, 3.05) is 5.32 Å². The quantitative estimate of drug-likeness (QED) is 0.718. The molecular formula is C16H10F3N3O. The molecule has 23 heavy (non-hydrogen) atoms. The molecule has 116 valence electrons. The van der Waals surface area contributed by atoms with Gasteiger partial charge in [-0.05, 0) is 41.0 Å². The molecule has 3 aromatic rings. The highest BCUT2D eigenvalue weighted by Gasteiger charge is 2.32. The lowest BCUT2D eigenvalue weighted by atomic mass is 9.97. The minimum absolute atomic E-state index is 0.116. The van der Waals surface area contributed by atoms with E-state index in [1.807, 2.05) is 0 Å². The van der Waals surface area contributed by atoms with Gasteiger partial charge in [0.05, 0.1) is 23.7 Å². The summed E-state index contributed by atoms with van der Waals surface area (Å²) in [6.45, 7) is 0. The summed E-state index contributed by atoms with van der Waals surface area (Å²) in [6, 6.07) is 7.32. The number of anilines is 1. The lowest BCUT2D eigenvalue weighted by Crippen LogP contribution is -2.05. The van der Waals surface area contributed by atoms with Crippen molar-refractivity contribution in [3.63, 3.8) is 0 Å². The maximum Gasteiger partial charge on any atom is 0.416 e. The lowest BCUT2D eigenvalue weighted by molar-refractivity contribution is -0.137. The maximum absolute atomic E-state index is 13.1. The average Bonchev–Trinajstić information content (AvgIpc) is 3.08. The predicted molar refractivity (Wildman–Crippen MR) is 78.9 cm³/mol. The van der Waals surface area contributed by atoms with Crippen LogP contribution >= 0.6 is 0 Å². The highest BCUT2D eigenvalue weighted by Crippen LogP contribution is 2.38. The highest BCUT2D eigenvalue weighted by atomic mass is 19.4. The molecule has 0 fully saturated rings. The summed E-state index contributed by atoms with van der Waals surface area (Å²) in [6.07, 6.45) is -2.71. The van der Waals surface area contributed by atoms with Crippen LogP contribution in [0.15, 0.2) is 36.5 Å². The molecule has 7 heteroatoms. The highest BCUT2D eigenvalue weighted by molar-refractivity contribution is 6.01. The number of amides is 1. The van der Waals surface area contributed by atoms with E-state index in [1.165, 1.54) is 6.20 Å². The summed E-state index contributed by atoms with van der Waals surface area (Å²) in [5.41, 5.74) is 2.13. The van der Waals surface area contributed by atoms with Gasteiger partial charge in [-0.1, -0.05) is 6.07 Å². The minimum Gasteiger partial charge on any atom is -0.326 e. The van der Waals surface area contributed by atoms with E-state index in [0.717, 1.165) is 17.7 Å². The van der Waals surface area contributed by atoms with E-state index in [0.29, 0.717) is 27.7 Å². The third-order valence-corrected chi connectivity index (χ3v) is 3.93. The first-order valence-corrected chi connectivity index (χ1v) is 6.89. The molecule has 0 spiro atoms. The first kappa shape index (κ1) is 13.8. The average molecular weight is 317 g/mol. The minimum atomic E-state index is -4.44. The van der Waals surface area contributed by atoms with Crippen LogP contribution in [0.2, 0.25) is 0 Å². The molecule has 2 N–H and O–H groups in total. The van der Waals surface area contributed by atoms with Crippen molar-refractivity contribution in [1.82, 2.24) is 10.2 Å². The van der Waals surface area contributed by atoms with E-state index in [4.69, 9.17) is 0 Å². The summed E-state index contributed by atoms with van der Waals surface area (Å²) in [5.74, 6) is -0.116. The predicted octanol–water partition coefficient (Wildman–Crippen LogP) is 3.74. The molecule has 4 rings (SSSR count). The number of nitrogens with one attached hydrogen (secondary N) is 2. The SMILES string of the molecule is O=C1Cc2cc(-c3cc(C(F)(F)F)cc4[nH]ncc34)ccc2N1. The van der Waals surface area contributed by atoms with Crippen molar-refractivity contribution in [3.05, 3.63) is 47.7 Å². The number of hydrogen-bond donors (Lipinski definition) is 2. The monoisotopic (exact) mass is 317 g/mol. The second-order valence-corrected chi connectivity index (χ2v) is 5.45. The molecule has 0 radical (unpaired) electrons. The van der Waals surface area contributed by atoms with Gasteiger partial charge in [0.2, 0.25) is 5.91 Å². The van der Waals surface area contributed by atoms with Crippen molar-refractivity contribution in [2.24, 2.45) is 0 Å². The Hall–Kier alpha value is -2.83. The van der Waals surface area contributed by atoms with Crippen LogP contribution in [0.3, 0.4) is 0 Å². The maximum atomic E-state index is 13.1. The number of fused-ring (bicyclic) bond motifs is 2. The van der Waals surface area contributed by atoms with Crippen molar-refractivity contribution < 1.29 is 18.0 Å². The van der Waals surface area contributed by atoms with E-state index in [-0.39, 0.29) is 12.3 Å². The van der Waals surface area contributed by atoms with Crippen LogP contribution in [-0.4, -0.2) is 16.1 Å². The van der Waals surface area contributed by atoms with Gasteiger partial charge in [-0.25, -0.2) is 0 Å². The number of aromatic amines is 1. The van der Waals surface area contributed by atoms with E-state index in [2.05, 4.69) is 15.5 Å². The fourth-order valence-corrected chi connectivity index (χ4v) is 2.85. The first-order chi connectivity index (χ1) is 10.9. The number of H-pyrrole nitrogens is 1. The van der Waals surface area contributed by atoms with Gasteiger partial charge >= 0.3 is 6.18 Å². The van der Waals surface area contributed by atoms with Crippen molar-refractivity contribution in [3.8, 4) is 11.1 Å². The van der Waals surface area contributed by atoms with Gasteiger partial charge < -0.3 is 5.32 Å². The van der Waals surface area contributed by atoms with Crippen LogP contribution < -0.4 is 5.32 Å². The smallest absolute Gasteiger partial charge is 0.326 e. The molecule has 0 atom stereocenters. The van der Waals surface area contributed by atoms with Gasteiger partial charge in [0, 0.05) is 11.1 Å². The van der Waals surface area contributed by atoms with Crippen LogP contribution in [0, 0.1) is 0 Å². The number of aromatic nitrogens is 2. The third kappa shape index (κ3) is 2.25. The van der Waals surface area contributed by atoms with E-state index in [9.17, 15) is 18.0 Å². The first-order valence-electron chi connectivity index (χ1n) is 6.89. The Labute approximate surface area is 128 Å². The normalized spacial score (nSPS) is 14.1. The zero-order chi connectivity index (χ0) is 16.2. The summed E-state index contributed by atoms with van der Waals surface area (Å²) >= 11 is 0. The zero-order valence-corrected chi connectivity index (χ0v) is 11.7. The topological polar surface area (TPSA) is 57.8 Å². The number of halogens is 3. The van der Waals surface area contributed by atoms with Crippen LogP contribution in [0.1, 0.15) is 11.1 Å². The van der Waals surface area contributed by atoms with E-state index in [1.54, 1.807) is 18.2 Å². The van der Waals surface area contributed by atoms with Gasteiger partial charge in [0.25, 0.3) is 0 Å². The van der Waals surface area contributed by atoms with E-state index >= 15 is 0 Å². The Balaban J connectivity index is 1.93. The zero-order valence-electron chi connectivity index (χ0n) is 11.7. The van der Waals surface area contributed by atoms with E-state index < -0.39 is 11.7 Å². The molecule has 1 amide bonds. The van der Waals surface area contributed by atoms with Crippen molar-refractivity contribution >= 4 is 22.5 Å². The molecule has 1 aromatic heterocycles. The Morgan fingerprint density at radius 1 is 1.13 bits per heavy atom. The molecule has 2 aromatic carbocycles. The standard InChI is InChI=1S/C16H10F3N3O/c17-16(18,19)10-5-11(12-7-20-22-14(12)6-10)8-1-2-13-9(3-8)4-15(23)21-13/h1-3,5-7H,4H2,(H,20,22)(H,21,23). The summed E-state index contributed by atoms with van der Waals surface area (Å²) in [7, 11) is 0. The molecule has 0 aliphatic carbocycles. The second kappa shape index (κ2) is 4.58. The second-order valence-electron chi connectivity index (χ2n) is 5.45. The van der Waals surface area contributed by atoms with Crippen LogP contribution in [0.5, 0.6) is 0 Å². The third-order valence-electron chi connectivity index (χ3n) is 3.93. The Morgan fingerprint density at radius 3 is 2.74 bits per heavy atom. The van der Waals surface area contributed by atoms with Gasteiger partial charge in [-0.3, -0.25) is 9.89 Å². The molecule has 2 heterocycles. The van der Waals surface area contributed by atoms with Crippen LogP contribution in [0.4, 0.5) is 18.9 Å². The van der Waals surface area contributed by atoms with Crippen molar-refractivity contribution in [2.45, 2.75) is 12.6 Å². The Kier molecular flexibility index (Phi) is 2.75. The van der Waals surface area contributed by atoms with Crippen LogP contribution in [0.25, 0.3) is 22.0 Å². The molecule has 1 aliphatic heterocycles. The summed E-state index contributed by atoms with van der Waals surface area (Å²) in [5, 5.41) is 9.73. The van der Waals surface area contributed by atoms with Gasteiger partial charge in [0.1, 0.15) is 0 Å². The van der Waals surface area contributed by atoms with Gasteiger partial charge in [-0.15, -0.1) is 0 Å². The largest absolute Gasteiger partial charge is 0.416 e. The number of benzene rings is 2. The number of hydrogen-bond acceptors (Lipinski definition) is 2. The molecule has 1 aliphatic rings. The van der Waals surface area contributed by atoms with Gasteiger partial charge in [0.15, 0.2) is 0 Å². The molecule has 0 saturated carbocycles. The summed E-state index contributed by atoms with van der Waals surface area (Å²) < 4.78 is 39.3. The molecule has 0 unspecified atom stereocenters. The number of carbonyl (C=O) groups excluding carboxylic acids is 1. The van der Waals surface area contributed by atoms with Crippen LogP contribution in [-0.2, 0) is 17.4 Å². The fourth-order valence-electron chi connectivity index (χ4n) is 2.85. The Morgan fingerprint density at radius 2 is 1.96 bits per heavy atom. The van der Waals surface area contributed by atoms with Gasteiger partial charge in [-0.2, -0.15) is 18.3 Å². The number of carbonyl (C=O) groups is 1. The van der Waals surface area contributed by atoms with Crippen molar-refractivity contribution in [1.29, 1.82) is 0 Å². The molecule has 0 bridgehead atoms. The molecule has 0 saturated heterocycles. The number of alkyl halides is 3. The Bertz CT molecular complexity index is 943. The molecular weight excluding hydrogens is 307 g/mol. The number of rotatable bonds is 1.